The van der Waals surface area contributed by atoms with E-state index in [0.717, 1.165) is 12.8 Å². The number of aliphatic hydroxyl groups excluding tert-OH is 3. The first-order valence-electron chi connectivity index (χ1n) is 9.96. The molecule has 0 aliphatic carbocycles. The average molecular weight is 347 g/mol. The van der Waals surface area contributed by atoms with Crippen molar-refractivity contribution in [3.05, 3.63) is 0 Å². The van der Waals surface area contributed by atoms with Crippen LogP contribution in [0.4, 0.5) is 0 Å². The summed E-state index contributed by atoms with van der Waals surface area (Å²) in [5.74, 6) is 0. The van der Waals surface area contributed by atoms with Crippen LogP contribution < -0.4 is 11.1 Å². The Morgan fingerprint density at radius 3 is 1.67 bits per heavy atom. The van der Waals surface area contributed by atoms with E-state index in [9.17, 15) is 10.2 Å². The average Bonchev–Trinajstić information content (AvgIpc) is 2.57. The number of hydrogen-bond donors (Lipinski definition) is 5. The monoisotopic (exact) mass is 346 g/mol. The van der Waals surface area contributed by atoms with Gasteiger partial charge in [-0.25, -0.2) is 0 Å². The molecule has 0 amide bonds. The number of aliphatic hydroxyl groups is 3. The minimum absolute atomic E-state index is 0.492. The Kier molecular flexibility index (Phi) is 15.0. The number of rotatable bonds is 17. The molecule has 5 heteroatoms. The molecule has 146 valence electrons. The normalized spacial score (nSPS) is 16.8. The SMILES string of the molecule is CCCCCCCCCCCCCCNC(C)(N)C(O)C(O)CO. The van der Waals surface area contributed by atoms with Gasteiger partial charge in [-0.3, -0.25) is 5.32 Å². The molecular weight excluding hydrogens is 304 g/mol. The first-order valence-corrected chi connectivity index (χ1v) is 9.96. The predicted octanol–water partition coefficient (Wildman–Crippen LogP) is 2.67. The number of nitrogens with one attached hydrogen (secondary N) is 1. The number of unbranched alkanes of at least 4 members (excludes halogenated alkanes) is 11. The van der Waals surface area contributed by atoms with Gasteiger partial charge in [-0.1, -0.05) is 77.6 Å². The van der Waals surface area contributed by atoms with Gasteiger partial charge in [-0.2, -0.15) is 0 Å². The molecule has 0 radical (unpaired) electrons. The van der Waals surface area contributed by atoms with Gasteiger partial charge in [0.25, 0.3) is 0 Å². The van der Waals surface area contributed by atoms with Crippen molar-refractivity contribution in [2.24, 2.45) is 5.73 Å². The van der Waals surface area contributed by atoms with Crippen molar-refractivity contribution < 1.29 is 15.3 Å². The third-order valence-corrected chi connectivity index (χ3v) is 4.70. The van der Waals surface area contributed by atoms with Crippen LogP contribution in [-0.2, 0) is 0 Å². The Morgan fingerprint density at radius 1 is 0.833 bits per heavy atom. The topological polar surface area (TPSA) is 98.7 Å². The summed E-state index contributed by atoms with van der Waals surface area (Å²) in [5, 5.41) is 31.2. The van der Waals surface area contributed by atoms with Gasteiger partial charge in [0, 0.05) is 0 Å². The maximum Gasteiger partial charge on any atom is 0.113 e. The minimum atomic E-state index is -1.21. The van der Waals surface area contributed by atoms with Gasteiger partial charge in [0.15, 0.2) is 0 Å². The molecule has 0 rings (SSSR count). The van der Waals surface area contributed by atoms with Crippen LogP contribution >= 0.6 is 0 Å². The van der Waals surface area contributed by atoms with Gasteiger partial charge in [0.2, 0.25) is 0 Å². The summed E-state index contributed by atoms with van der Waals surface area (Å²) in [5.41, 5.74) is 4.86. The van der Waals surface area contributed by atoms with Gasteiger partial charge in [0.1, 0.15) is 12.2 Å². The first kappa shape index (κ1) is 23.8. The highest BCUT2D eigenvalue weighted by Crippen LogP contribution is 2.12. The standard InChI is InChI=1S/C19H42N2O3/c1-3-4-5-6-7-8-9-10-11-12-13-14-15-21-19(2,20)18(24)17(23)16-22/h17-18,21-24H,3-16,20H2,1-2H3. The molecular formula is C19H42N2O3. The zero-order valence-corrected chi connectivity index (χ0v) is 16.0. The van der Waals surface area contributed by atoms with E-state index in [2.05, 4.69) is 12.2 Å². The van der Waals surface area contributed by atoms with Crippen LogP contribution in [0.1, 0.15) is 90.9 Å². The fraction of sp³-hybridized carbons (Fsp3) is 1.00. The second-order valence-electron chi connectivity index (χ2n) is 7.29. The molecule has 0 aromatic heterocycles. The number of nitrogens with two attached hydrogens (primary N) is 1. The van der Waals surface area contributed by atoms with Crippen molar-refractivity contribution in [1.82, 2.24) is 5.32 Å². The second kappa shape index (κ2) is 15.1. The molecule has 0 aromatic carbocycles. The van der Waals surface area contributed by atoms with E-state index >= 15 is 0 Å². The summed E-state index contributed by atoms with van der Waals surface area (Å²) in [6.45, 7) is 4.11. The van der Waals surface area contributed by atoms with Crippen LogP contribution in [-0.4, -0.2) is 46.3 Å². The Morgan fingerprint density at radius 2 is 1.25 bits per heavy atom. The smallest absolute Gasteiger partial charge is 0.113 e. The van der Waals surface area contributed by atoms with E-state index in [4.69, 9.17) is 10.8 Å². The summed E-state index contributed by atoms with van der Waals surface area (Å²) < 4.78 is 0. The van der Waals surface area contributed by atoms with Crippen molar-refractivity contribution in [2.75, 3.05) is 13.2 Å². The van der Waals surface area contributed by atoms with Crippen LogP contribution in [0.5, 0.6) is 0 Å². The van der Waals surface area contributed by atoms with Gasteiger partial charge < -0.3 is 21.1 Å². The second-order valence-corrected chi connectivity index (χ2v) is 7.29. The summed E-state index contributed by atoms with van der Waals surface area (Å²) in [6, 6.07) is 0. The Balaban J connectivity index is 3.41. The van der Waals surface area contributed by atoms with Gasteiger partial charge >= 0.3 is 0 Å². The molecule has 0 aromatic rings. The van der Waals surface area contributed by atoms with E-state index in [1.54, 1.807) is 6.92 Å². The predicted molar refractivity (Wildman–Crippen MR) is 101 cm³/mol. The van der Waals surface area contributed by atoms with Crippen LogP contribution in [0.25, 0.3) is 0 Å². The molecule has 3 unspecified atom stereocenters. The van der Waals surface area contributed by atoms with Crippen LogP contribution in [0.3, 0.4) is 0 Å². The van der Waals surface area contributed by atoms with Gasteiger partial charge in [-0.15, -0.1) is 0 Å². The Hall–Kier alpha value is -0.200. The van der Waals surface area contributed by atoms with Crippen molar-refractivity contribution in [3.8, 4) is 0 Å². The third-order valence-electron chi connectivity index (χ3n) is 4.70. The fourth-order valence-electron chi connectivity index (χ4n) is 2.93. The van der Waals surface area contributed by atoms with Crippen molar-refractivity contribution in [3.63, 3.8) is 0 Å². The molecule has 5 nitrogen and oxygen atoms in total. The Labute approximate surface area is 149 Å². The quantitative estimate of drug-likeness (QED) is 0.206. The van der Waals surface area contributed by atoms with E-state index in [0.29, 0.717) is 6.54 Å². The molecule has 3 atom stereocenters. The highest BCUT2D eigenvalue weighted by Gasteiger charge is 2.32. The van der Waals surface area contributed by atoms with Crippen LogP contribution in [0.15, 0.2) is 0 Å². The molecule has 24 heavy (non-hydrogen) atoms. The van der Waals surface area contributed by atoms with Crippen LogP contribution in [0.2, 0.25) is 0 Å². The molecule has 0 saturated carbocycles. The van der Waals surface area contributed by atoms with Crippen molar-refractivity contribution >= 4 is 0 Å². The molecule has 6 N–H and O–H groups in total. The lowest BCUT2D eigenvalue weighted by Gasteiger charge is -2.33. The molecule has 0 bridgehead atoms. The zero-order chi connectivity index (χ0) is 18.3. The van der Waals surface area contributed by atoms with E-state index < -0.39 is 24.5 Å². The van der Waals surface area contributed by atoms with Gasteiger partial charge in [-0.05, 0) is 19.9 Å². The largest absolute Gasteiger partial charge is 0.394 e. The van der Waals surface area contributed by atoms with Crippen molar-refractivity contribution in [1.29, 1.82) is 0 Å². The highest BCUT2D eigenvalue weighted by molar-refractivity contribution is 4.88. The van der Waals surface area contributed by atoms with Gasteiger partial charge in [0.05, 0.1) is 12.3 Å². The molecule has 0 aliphatic heterocycles. The van der Waals surface area contributed by atoms with E-state index in [1.807, 2.05) is 0 Å². The molecule has 0 aliphatic rings. The fourth-order valence-corrected chi connectivity index (χ4v) is 2.93. The molecule has 0 heterocycles. The first-order chi connectivity index (χ1) is 11.5. The van der Waals surface area contributed by atoms with E-state index in [-0.39, 0.29) is 0 Å². The van der Waals surface area contributed by atoms with E-state index in [1.165, 1.54) is 64.2 Å². The Bertz CT molecular complexity index is 275. The lowest BCUT2D eigenvalue weighted by Crippen LogP contribution is -2.63. The summed E-state index contributed by atoms with van der Waals surface area (Å²) in [7, 11) is 0. The van der Waals surface area contributed by atoms with Crippen molar-refractivity contribution in [2.45, 2.75) is 109 Å². The molecule has 0 spiro atoms. The third kappa shape index (κ3) is 12.2. The molecule has 0 saturated heterocycles. The number of hydrogen-bond acceptors (Lipinski definition) is 5. The maximum absolute atomic E-state index is 9.84. The lowest BCUT2D eigenvalue weighted by atomic mass is 10.0. The maximum atomic E-state index is 9.84. The lowest BCUT2D eigenvalue weighted by molar-refractivity contribution is -0.0567. The zero-order valence-electron chi connectivity index (χ0n) is 16.0. The summed E-state index contributed by atoms with van der Waals surface area (Å²) in [4.78, 5) is 0. The van der Waals surface area contributed by atoms with Crippen LogP contribution in [0, 0.1) is 0 Å². The summed E-state index contributed by atoms with van der Waals surface area (Å²) >= 11 is 0. The summed E-state index contributed by atoms with van der Waals surface area (Å²) in [6.07, 6.45) is 13.2. The highest BCUT2D eigenvalue weighted by atomic mass is 16.4. The molecule has 0 fully saturated rings. The minimum Gasteiger partial charge on any atom is -0.394 e.